The number of nitrogens with one attached hydrogen (secondary N) is 1. The molecule has 1 amide bonds. The molecule has 2 aromatic heterocycles. The predicted molar refractivity (Wildman–Crippen MR) is 102 cm³/mol. The van der Waals surface area contributed by atoms with E-state index in [1.54, 1.807) is 37.6 Å². The number of rotatable bonds is 3. The molecule has 0 radical (unpaired) electrons. The highest BCUT2D eigenvalue weighted by Crippen LogP contribution is 2.25. The fraction of sp³-hybridized carbons (Fsp3) is 0.300. The highest BCUT2D eigenvalue weighted by atomic mass is 19.1. The lowest BCUT2D eigenvalue weighted by Crippen LogP contribution is -2.40. The number of amides is 1. The quantitative estimate of drug-likeness (QED) is 0.771. The second-order valence-corrected chi connectivity index (χ2v) is 6.83. The van der Waals surface area contributed by atoms with E-state index in [1.165, 1.54) is 6.07 Å². The van der Waals surface area contributed by atoms with Crippen LogP contribution in [0.15, 0.2) is 42.9 Å². The molecule has 27 heavy (non-hydrogen) atoms. The Morgan fingerprint density at radius 3 is 2.93 bits per heavy atom. The first-order valence-electron chi connectivity index (χ1n) is 8.99. The molecule has 1 saturated heterocycles. The molecule has 3 heterocycles. The van der Waals surface area contributed by atoms with Crippen molar-refractivity contribution in [1.29, 1.82) is 0 Å². The number of halogens is 1. The monoisotopic (exact) mass is 365 g/mol. The Morgan fingerprint density at radius 1 is 1.22 bits per heavy atom. The molecule has 0 spiro atoms. The van der Waals surface area contributed by atoms with E-state index in [4.69, 9.17) is 0 Å². The van der Waals surface area contributed by atoms with Gasteiger partial charge in [0, 0.05) is 31.2 Å². The van der Waals surface area contributed by atoms with Crippen molar-refractivity contribution in [3.8, 4) is 0 Å². The normalized spacial score (nSPS) is 17.1. The summed E-state index contributed by atoms with van der Waals surface area (Å²) in [7, 11) is 0. The van der Waals surface area contributed by atoms with Gasteiger partial charge in [-0.25, -0.2) is 14.4 Å². The summed E-state index contributed by atoms with van der Waals surface area (Å²) in [5, 5.41) is 2.91. The van der Waals surface area contributed by atoms with Gasteiger partial charge in [0.1, 0.15) is 11.3 Å². The smallest absolute Gasteiger partial charge is 0.229 e. The largest absolute Gasteiger partial charge is 0.369 e. The summed E-state index contributed by atoms with van der Waals surface area (Å²) in [6, 6.07) is 6.57. The van der Waals surface area contributed by atoms with Crippen LogP contribution in [0.2, 0.25) is 0 Å². The van der Waals surface area contributed by atoms with Crippen molar-refractivity contribution in [2.75, 3.05) is 23.3 Å². The first-order chi connectivity index (χ1) is 13.1. The van der Waals surface area contributed by atoms with Crippen LogP contribution in [0.3, 0.4) is 0 Å². The minimum atomic E-state index is -0.274. The molecule has 1 aromatic carbocycles. The van der Waals surface area contributed by atoms with E-state index in [-0.39, 0.29) is 17.6 Å². The van der Waals surface area contributed by atoms with Gasteiger partial charge >= 0.3 is 0 Å². The topological polar surface area (TPSA) is 71.0 Å². The van der Waals surface area contributed by atoms with Gasteiger partial charge in [-0.2, -0.15) is 0 Å². The Labute approximate surface area is 156 Å². The van der Waals surface area contributed by atoms with Crippen molar-refractivity contribution in [2.24, 2.45) is 5.92 Å². The lowest BCUT2D eigenvalue weighted by molar-refractivity contribution is -0.120. The standard InChI is InChI=1S/C20H20FN5O/c1-13-9-15(4-5-17(13)21)25-20(27)14-3-2-8-26(12-14)16-10-18-19(24-11-16)23-7-6-22-18/h4-7,9-11,14H,2-3,8,12H2,1H3,(H,25,27)/t14-/m0/s1. The van der Waals surface area contributed by atoms with Crippen LogP contribution in [0.1, 0.15) is 18.4 Å². The molecule has 138 valence electrons. The molecule has 6 nitrogen and oxygen atoms in total. The Morgan fingerprint density at radius 2 is 2.07 bits per heavy atom. The number of hydrogen-bond acceptors (Lipinski definition) is 5. The number of pyridine rings is 1. The number of benzene rings is 1. The number of aromatic nitrogens is 3. The zero-order valence-electron chi connectivity index (χ0n) is 15.0. The summed E-state index contributed by atoms with van der Waals surface area (Å²) in [5.41, 5.74) is 3.43. The Bertz CT molecular complexity index is 993. The highest BCUT2D eigenvalue weighted by Gasteiger charge is 2.26. The lowest BCUT2D eigenvalue weighted by atomic mass is 9.96. The maximum absolute atomic E-state index is 13.4. The second kappa shape index (κ2) is 7.26. The number of piperidine rings is 1. The van der Waals surface area contributed by atoms with Crippen molar-refractivity contribution < 1.29 is 9.18 Å². The maximum atomic E-state index is 13.4. The minimum absolute atomic E-state index is 0.0424. The van der Waals surface area contributed by atoms with E-state index in [9.17, 15) is 9.18 Å². The van der Waals surface area contributed by atoms with Gasteiger partial charge in [0.25, 0.3) is 0 Å². The fourth-order valence-corrected chi connectivity index (χ4v) is 3.41. The highest BCUT2D eigenvalue weighted by molar-refractivity contribution is 5.93. The molecule has 0 saturated carbocycles. The van der Waals surface area contributed by atoms with Gasteiger partial charge < -0.3 is 10.2 Å². The van der Waals surface area contributed by atoms with Crippen LogP contribution in [0.25, 0.3) is 11.2 Å². The van der Waals surface area contributed by atoms with E-state index >= 15 is 0 Å². The van der Waals surface area contributed by atoms with Crippen molar-refractivity contribution in [3.63, 3.8) is 0 Å². The van der Waals surface area contributed by atoms with Crippen molar-refractivity contribution in [3.05, 3.63) is 54.2 Å². The van der Waals surface area contributed by atoms with Crippen molar-refractivity contribution >= 4 is 28.4 Å². The molecule has 1 aliphatic heterocycles. The number of nitrogens with zero attached hydrogens (tertiary/aromatic N) is 4. The molecular formula is C20H20FN5O. The zero-order chi connectivity index (χ0) is 18.8. The predicted octanol–water partition coefficient (Wildman–Crippen LogP) is 3.33. The molecule has 7 heteroatoms. The van der Waals surface area contributed by atoms with Crippen molar-refractivity contribution in [1.82, 2.24) is 15.0 Å². The number of anilines is 2. The zero-order valence-corrected chi connectivity index (χ0v) is 15.0. The molecule has 0 bridgehead atoms. The molecule has 1 aliphatic rings. The van der Waals surface area contributed by atoms with E-state index < -0.39 is 0 Å². The van der Waals surface area contributed by atoms with Gasteiger partial charge in [0.2, 0.25) is 5.91 Å². The summed E-state index contributed by atoms with van der Waals surface area (Å²) in [5.74, 6) is -0.454. The van der Waals surface area contributed by atoms with Gasteiger partial charge in [0.15, 0.2) is 5.65 Å². The van der Waals surface area contributed by atoms with Crippen LogP contribution >= 0.6 is 0 Å². The number of carbonyl (C=O) groups excluding carboxylic acids is 1. The molecular weight excluding hydrogens is 345 g/mol. The first kappa shape index (κ1) is 17.3. The van der Waals surface area contributed by atoms with Gasteiger partial charge in [0.05, 0.1) is 17.8 Å². The van der Waals surface area contributed by atoms with Crippen LogP contribution in [0, 0.1) is 18.7 Å². The van der Waals surface area contributed by atoms with Crippen molar-refractivity contribution in [2.45, 2.75) is 19.8 Å². The first-order valence-corrected chi connectivity index (χ1v) is 8.99. The average Bonchev–Trinajstić information content (AvgIpc) is 2.70. The molecule has 1 N–H and O–H groups in total. The van der Waals surface area contributed by atoms with Crippen LogP contribution in [0.4, 0.5) is 15.8 Å². The van der Waals surface area contributed by atoms with Gasteiger partial charge in [-0.3, -0.25) is 9.78 Å². The van der Waals surface area contributed by atoms with Crippen LogP contribution in [-0.4, -0.2) is 33.9 Å². The number of aryl methyl sites for hydroxylation is 1. The van der Waals surface area contributed by atoms with E-state index in [0.717, 1.165) is 30.6 Å². The third kappa shape index (κ3) is 3.72. The summed E-state index contributed by atoms with van der Waals surface area (Å²) in [6.07, 6.45) is 6.78. The van der Waals surface area contributed by atoms with Crippen LogP contribution < -0.4 is 10.2 Å². The summed E-state index contributed by atoms with van der Waals surface area (Å²) in [6.45, 7) is 3.16. The summed E-state index contributed by atoms with van der Waals surface area (Å²) < 4.78 is 13.4. The van der Waals surface area contributed by atoms with Gasteiger partial charge in [-0.05, 0) is 49.6 Å². The average molecular weight is 365 g/mol. The summed E-state index contributed by atoms with van der Waals surface area (Å²) >= 11 is 0. The third-order valence-electron chi connectivity index (χ3n) is 4.89. The summed E-state index contributed by atoms with van der Waals surface area (Å²) in [4.78, 5) is 27.7. The number of hydrogen-bond donors (Lipinski definition) is 1. The maximum Gasteiger partial charge on any atom is 0.229 e. The molecule has 1 fully saturated rings. The van der Waals surface area contributed by atoms with E-state index in [2.05, 4.69) is 25.2 Å². The Hall–Kier alpha value is -3.09. The van der Waals surface area contributed by atoms with E-state index in [0.29, 0.717) is 23.4 Å². The molecule has 1 atom stereocenters. The van der Waals surface area contributed by atoms with Gasteiger partial charge in [-0.1, -0.05) is 0 Å². The van der Waals surface area contributed by atoms with Crippen LogP contribution in [-0.2, 0) is 4.79 Å². The SMILES string of the molecule is Cc1cc(NC(=O)[C@H]2CCCN(c3cnc4nccnc4c3)C2)ccc1F. The number of fused-ring (bicyclic) bond motifs is 1. The Kier molecular flexibility index (Phi) is 4.66. The van der Waals surface area contributed by atoms with E-state index in [1.807, 2.05) is 6.07 Å². The second-order valence-electron chi connectivity index (χ2n) is 6.83. The molecule has 0 aliphatic carbocycles. The Balaban J connectivity index is 1.48. The lowest BCUT2D eigenvalue weighted by Gasteiger charge is -2.33. The third-order valence-corrected chi connectivity index (χ3v) is 4.89. The molecule has 3 aromatic rings. The minimum Gasteiger partial charge on any atom is -0.369 e. The van der Waals surface area contributed by atoms with Crippen LogP contribution in [0.5, 0.6) is 0 Å². The fourth-order valence-electron chi connectivity index (χ4n) is 3.41. The molecule has 4 rings (SSSR count). The van der Waals surface area contributed by atoms with Gasteiger partial charge in [-0.15, -0.1) is 0 Å². The number of carbonyl (C=O) groups is 1. The molecule has 0 unspecified atom stereocenters.